The number of carbonyl (C=O) groups excluding carboxylic acids is 1. The second-order valence-corrected chi connectivity index (χ2v) is 5.41. The van der Waals surface area contributed by atoms with Gasteiger partial charge in [0.1, 0.15) is 5.69 Å². The number of urea groups is 1. The molecule has 2 N–H and O–H groups in total. The highest BCUT2D eigenvalue weighted by Gasteiger charge is 2.20. The maximum atomic E-state index is 11.8. The number of nitrogens with one attached hydrogen (secondary N) is 2. The van der Waals surface area contributed by atoms with E-state index >= 15 is 0 Å². The molecule has 0 spiro atoms. The fourth-order valence-corrected chi connectivity index (χ4v) is 2.52. The fraction of sp³-hybridized carbons (Fsp3) is 0.417. The second-order valence-electron chi connectivity index (χ2n) is 4.50. The van der Waals surface area contributed by atoms with Crippen LogP contribution in [-0.4, -0.2) is 17.0 Å². The highest BCUT2D eigenvalue weighted by molar-refractivity contribution is 9.10. The average molecular weight is 328 g/mol. The van der Waals surface area contributed by atoms with Crippen molar-refractivity contribution in [3.8, 4) is 0 Å². The van der Waals surface area contributed by atoms with E-state index in [2.05, 4.69) is 26.6 Å². The summed E-state index contributed by atoms with van der Waals surface area (Å²) in [7, 11) is 0. The Kier molecular flexibility index (Phi) is 4.36. The van der Waals surface area contributed by atoms with E-state index in [9.17, 15) is 14.9 Å². The van der Waals surface area contributed by atoms with Gasteiger partial charge in [0.25, 0.3) is 5.69 Å². The van der Waals surface area contributed by atoms with Crippen LogP contribution in [0.4, 0.5) is 16.2 Å². The van der Waals surface area contributed by atoms with E-state index in [1.165, 1.54) is 12.1 Å². The number of rotatable bonds is 3. The molecule has 2 amide bonds. The molecule has 102 valence electrons. The van der Waals surface area contributed by atoms with Crippen molar-refractivity contribution in [1.82, 2.24) is 5.32 Å². The molecule has 0 unspecified atom stereocenters. The maximum Gasteiger partial charge on any atom is 0.319 e. The number of nitro groups is 1. The molecule has 1 aromatic carbocycles. The average Bonchev–Trinajstić information content (AvgIpc) is 2.83. The largest absolute Gasteiger partial charge is 0.335 e. The summed E-state index contributed by atoms with van der Waals surface area (Å²) in [6, 6.07) is 4.31. The van der Waals surface area contributed by atoms with Crippen molar-refractivity contribution >= 4 is 33.3 Å². The van der Waals surface area contributed by atoms with Crippen molar-refractivity contribution < 1.29 is 9.72 Å². The lowest BCUT2D eigenvalue weighted by molar-refractivity contribution is -0.384. The number of nitro benzene ring substituents is 1. The molecule has 1 aromatic rings. The summed E-state index contributed by atoms with van der Waals surface area (Å²) in [6.45, 7) is 0. The summed E-state index contributed by atoms with van der Waals surface area (Å²) < 4.78 is 0.598. The Labute approximate surface area is 118 Å². The lowest BCUT2D eigenvalue weighted by Crippen LogP contribution is -2.36. The van der Waals surface area contributed by atoms with Crippen LogP contribution < -0.4 is 10.6 Å². The molecule has 1 aliphatic rings. The van der Waals surface area contributed by atoms with Gasteiger partial charge in [-0.2, -0.15) is 0 Å². The monoisotopic (exact) mass is 327 g/mol. The number of hydrogen-bond acceptors (Lipinski definition) is 3. The quantitative estimate of drug-likeness (QED) is 0.658. The smallest absolute Gasteiger partial charge is 0.319 e. The zero-order valence-electron chi connectivity index (χ0n) is 10.2. The molecule has 6 nitrogen and oxygen atoms in total. The molecule has 0 saturated heterocycles. The number of halogens is 1. The van der Waals surface area contributed by atoms with Crippen LogP contribution in [0.25, 0.3) is 0 Å². The lowest BCUT2D eigenvalue weighted by Gasteiger charge is -2.13. The van der Waals surface area contributed by atoms with Crippen molar-refractivity contribution in [3.63, 3.8) is 0 Å². The first-order valence-corrected chi connectivity index (χ1v) is 6.87. The molecule has 1 fully saturated rings. The molecule has 19 heavy (non-hydrogen) atoms. The molecule has 1 saturated carbocycles. The van der Waals surface area contributed by atoms with Crippen LogP contribution in [0.2, 0.25) is 0 Å². The van der Waals surface area contributed by atoms with Crippen LogP contribution in [0.3, 0.4) is 0 Å². The Bertz CT molecular complexity index is 501. The highest BCUT2D eigenvalue weighted by Crippen LogP contribution is 2.28. The van der Waals surface area contributed by atoms with Crippen molar-refractivity contribution in [2.75, 3.05) is 5.32 Å². The van der Waals surface area contributed by atoms with Gasteiger partial charge in [0, 0.05) is 16.6 Å². The third kappa shape index (κ3) is 3.66. The third-order valence-corrected chi connectivity index (χ3v) is 3.59. The highest BCUT2D eigenvalue weighted by atomic mass is 79.9. The minimum atomic E-state index is -0.518. The van der Waals surface area contributed by atoms with Crippen molar-refractivity contribution in [1.29, 1.82) is 0 Å². The van der Waals surface area contributed by atoms with Crippen LogP contribution in [0, 0.1) is 10.1 Å². The fourth-order valence-electron chi connectivity index (χ4n) is 2.18. The van der Waals surface area contributed by atoms with Crippen molar-refractivity contribution in [2.24, 2.45) is 0 Å². The summed E-state index contributed by atoms with van der Waals surface area (Å²) in [4.78, 5) is 22.2. The van der Waals surface area contributed by atoms with Gasteiger partial charge in [-0.1, -0.05) is 28.8 Å². The predicted molar refractivity (Wildman–Crippen MR) is 75.2 cm³/mol. The van der Waals surface area contributed by atoms with Gasteiger partial charge < -0.3 is 10.6 Å². The summed E-state index contributed by atoms with van der Waals surface area (Å²) in [5.74, 6) is 0. The number of carbonyl (C=O) groups is 1. The van der Waals surface area contributed by atoms with E-state index in [1.54, 1.807) is 6.07 Å². The molecular formula is C12H14BrN3O3. The number of hydrogen-bond donors (Lipinski definition) is 2. The predicted octanol–water partition coefficient (Wildman–Crippen LogP) is 3.42. The van der Waals surface area contributed by atoms with Gasteiger partial charge in [-0.15, -0.1) is 0 Å². The molecule has 0 bridgehead atoms. The molecule has 0 radical (unpaired) electrons. The first kappa shape index (κ1) is 13.8. The van der Waals surface area contributed by atoms with Crippen LogP contribution in [0.15, 0.2) is 22.7 Å². The van der Waals surface area contributed by atoms with Gasteiger partial charge in [-0.3, -0.25) is 10.1 Å². The minimum absolute atomic E-state index is 0.129. The van der Waals surface area contributed by atoms with E-state index in [0.29, 0.717) is 4.47 Å². The van der Waals surface area contributed by atoms with Gasteiger partial charge in [-0.05, 0) is 25.0 Å². The summed E-state index contributed by atoms with van der Waals surface area (Å²) in [6.07, 6.45) is 4.17. The molecule has 7 heteroatoms. The second kappa shape index (κ2) is 6.01. The topological polar surface area (TPSA) is 84.3 Å². The van der Waals surface area contributed by atoms with Gasteiger partial charge >= 0.3 is 6.03 Å². The standard InChI is InChI=1S/C12H14BrN3O3/c13-8-5-6-10(11(7-8)16(18)19)15-12(17)14-9-3-1-2-4-9/h5-7,9H,1-4H2,(H2,14,15,17). The van der Waals surface area contributed by atoms with Gasteiger partial charge in [0.15, 0.2) is 0 Å². The number of amides is 2. The van der Waals surface area contributed by atoms with Gasteiger partial charge in [0.05, 0.1) is 4.92 Å². The van der Waals surface area contributed by atoms with Crippen LogP contribution in [0.5, 0.6) is 0 Å². The molecule has 1 aliphatic carbocycles. The Hall–Kier alpha value is -1.63. The first-order valence-electron chi connectivity index (χ1n) is 6.08. The molecular weight excluding hydrogens is 314 g/mol. The Morgan fingerprint density at radius 2 is 2.05 bits per heavy atom. The summed E-state index contributed by atoms with van der Waals surface area (Å²) in [5, 5.41) is 16.3. The van der Waals surface area contributed by atoms with Crippen LogP contribution in [-0.2, 0) is 0 Å². The van der Waals surface area contributed by atoms with E-state index in [4.69, 9.17) is 0 Å². The molecule has 0 atom stereocenters. The van der Waals surface area contributed by atoms with E-state index in [-0.39, 0.29) is 17.4 Å². The van der Waals surface area contributed by atoms with Gasteiger partial charge in [-0.25, -0.2) is 4.79 Å². The molecule has 0 heterocycles. The summed E-state index contributed by atoms with van der Waals surface area (Å²) in [5.41, 5.74) is 0.0691. The van der Waals surface area contributed by atoms with Crippen molar-refractivity contribution in [3.05, 3.63) is 32.8 Å². The van der Waals surface area contributed by atoms with E-state index < -0.39 is 11.0 Å². The van der Waals surface area contributed by atoms with Crippen LogP contribution >= 0.6 is 15.9 Å². The zero-order valence-corrected chi connectivity index (χ0v) is 11.8. The normalized spacial score (nSPS) is 15.2. The molecule has 2 rings (SSSR count). The van der Waals surface area contributed by atoms with E-state index in [1.807, 2.05) is 0 Å². The van der Waals surface area contributed by atoms with E-state index in [0.717, 1.165) is 25.7 Å². The third-order valence-electron chi connectivity index (χ3n) is 3.10. The Morgan fingerprint density at radius 1 is 1.37 bits per heavy atom. The number of benzene rings is 1. The summed E-state index contributed by atoms with van der Waals surface area (Å²) >= 11 is 3.17. The minimum Gasteiger partial charge on any atom is -0.335 e. The Morgan fingerprint density at radius 3 is 2.68 bits per heavy atom. The zero-order chi connectivity index (χ0) is 13.8. The Balaban J connectivity index is 2.05. The maximum absolute atomic E-state index is 11.8. The number of nitrogens with zero attached hydrogens (tertiary/aromatic N) is 1. The lowest BCUT2D eigenvalue weighted by atomic mass is 10.2. The molecule has 0 aliphatic heterocycles. The molecule has 0 aromatic heterocycles. The SMILES string of the molecule is O=C(Nc1ccc(Br)cc1[N+](=O)[O-])NC1CCCC1. The van der Waals surface area contributed by atoms with Crippen molar-refractivity contribution in [2.45, 2.75) is 31.7 Å². The van der Waals surface area contributed by atoms with Crippen LogP contribution in [0.1, 0.15) is 25.7 Å². The van der Waals surface area contributed by atoms with Gasteiger partial charge in [0.2, 0.25) is 0 Å². The number of anilines is 1. The first-order chi connectivity index (χ1) is 9.06.